The number of alkyl halides is 3. The molecule has 2 aromatic rings. The number of nitrogens with zero attached hydrogens (tertiary/aromatic N) is 1. The Balaban J connectivity index is 1.60. The van der Waals surface area contributed by atoms with Gasteiger partial charge < -0.3 is 4.74 Å². The highest BCUT2D eigenvalue weighted by molar-refractivity contribution is 5.31. The van der Waals surface area contributed by atoms with E-state index in [-0.39, 0.29) is 5.75 Å². The summed E-state index contributed by atoms with van der Waals surface area (Å²) in [6.07, 6.45) is -1.46. The Morgan fingerprint density at radius 1 is 1.04 bits per heavy atom. The van der Waals surface area contributed by atoms with Gasteiger partial charge in [0.05, 0.1) is 0 Å². The van der Waals surface area contributed by atoms with E-state index in [0.29, 0.717) is 12.6 Å². The molecule has 1 aliphatic rings. The first-order valence-electron chi connectivity index (χ1n) is 8.02. The Morgan fingerprint density at radius 2 is 1.71 bits per heavy atom. The molecule has 0 aliphatic heterocycles. The van der Waals surface area contributed by atoms with Crippen molar-refractivity contribution < 1.29 is 17.9 Å². The van der Waals surface area contributed by atoms with Crippen molar-refractivity contribution >= 4 is 0 Å². The number of benzene rings is 2. The van der Waals surface area contributed by atoms with E-state index in [0.717, 1.165) is 24.8 Å². The van der Waals surface area contributed by atoms with E-state index in [9.17, 15) is 13.2 Å². The van der Waals surface area contributed by atoms with Gasteiger partial charge in [-0.05, 0) is 55.1 Å². The maximum atomic E-state index is 12.2. The molecule has 0 amide bonds. The molecular weight excluding hydrogens is 315 g/mol. The third-order valence-electron chi connectivity index (χ3n) is 4.53. The second-order valence-electron chi connectivity index (χ2n) is 6.27. The number of hydrogen-bond donors (Lipinski definition) is 0. The lowest BCUT2D eigenvalue weighted by molar-refractivity contribution is -0.274. The molecule has 1 unspecified atom stereocenters. The molecule has 1 atom stereocenters. The second kappa shape index (κ2) is 6.85. The standard InChI is InChI=1S/C19H20F3NO/c1-23(17-9-8-15-4-2-3-5-16(15)12-17)13-14-6-10-18(11-7-14)24-19(20,21)22/h2-7,10-11,17H,8-9,12-13H2,1H3. The van der Waals surface area contributed by atoms with Crippen LogP contribution >= 0.6 is 0 Å². The lowest BCUT2D eigenvalue weighted by Crippen LogP contribution is -2.36. The number of ether oxygens (including phenoxy) is 1. The van der Waals surface area contributed by atoms with Crippen molar-refractivity contribution in [1.82, 2.24) is 4.90 Å². The molecule has 0 heterocycles. The van der Waals surface area contributed by atoms with Gasteiger partial charge in [0.2, 0.25) is 0 Å². The molecule has 0 spiro atoms. The smallest absolute Gasteiger partial charge is 0.406 e. The molecule has 2 aromatic carbocycles. The van der Waals surface area contributed by atoms with E-state index in [4.69, 9.17) is 0 Å². The minimum Gasteiger partial charge on any atom is -0.406 e. The Labute approximate surface area is 139 Å². The summed E-state index contributed by atoms with van der Waals surface area (Å²) in [7, 11) is 2.07. The van der Waals surface area contributed by atoms with Crippen LogP contribution in [-0.4, -0.2) is 24.4 Å². The quantitative estimate of drug-likeness (QED) is 0.811. The summed E-state index contributed by atoms with van der Waals surface area (Å²) in [5.41, 5.74) is 3.80. The van der Waals surface area contributed by atoms with Gasteiger partial charge in [-0.15, -0.1) is 13.2 Å². The van der Waals surface area contributed by atoms with Crippen molar-refractivity contribution in [3.8, 4) is 5.75 Å². The van der Waals surface area contributed by atoms with E-state index < -0.39 is 6.36 Å². The predicted octanol–water partition coefficient (Wildman–Crippen LogP) is 4.57. The highest BCUT2D eigenvalue weighted by Crippen LogP contribution is 2.26. The zero-order valence-electron chi connectivity index (χ0n) is 13.5. The van der Waals surface area contributed by atoms with Crippen molar-refractivity contribution in [3.63, 3.8) is 0 Å². The van der Waals surface area contributed by atoms with Gasteiger partial charge in [0.15, 0.2) is 0 Å². The third kappa shape index (κ3) is 4.29. The first-order chi connectivity index (χ1) is 11.4. The van der Waals surface area contributed by atoms with Crippen LogP contribution in [0.5, 0.6) is 5.75 Å². The van der Waals surface area contributed by atoms with Crippen molar-refractivity contribution in [2.24, 2.45) is 0 Å². The summed E-state index contributed by atoms with van der Waals surface area (Å²) in [5.74, 6) is -0.180. The normalized spacial score (nSPS) is 17.6. The fourth-order valence-electron chi connectivity index (χ4n) is 3.27. The monoisotopic (exact) mass is 335 g/mol. The van der Waals surface area contributed by atoms with Gasteiger partial charge in [-0.1, -0.05) is 36.4 Å². The Kier molecular flexibility index (Phi) is 4.81. The maximum Gasteiger partial charge on any atom is 0.573 e. The molecule has 3 rings (SSSR count). The fraction of sp³-hybridized carbons (Fsp3) is 0.368. The van der Waals surface area contributed by atoms with Crippen LogP contribution in [0.2, 0.25) is 0 Å². The fourth-order valence-corrected chi connectivity index (χ4v) is 3.27. The molecule has 1 aliphatic carbocycles. The summed E-state index contributed by atoms with van der Waals surface area (Å²) in [5, 5.41) is 0. The van der Waals surface area contributed by atoms with Crippen molar-refractivity contribution in [2.75, 3.05) is 7.05 Å². The van der Waals surface area contributed by atoms with Crippen molar-refractivity contribution in [2.45, 2.75) is 38.2 Å². The first kappa shape index (κ1) is 16.8. The van der Waals surface area contributed by atoms with Crippen molar-refractivity contribution in [1.29, 1.82) is 0 Å². The van der Waals surface area contributed by atoms with Gasteiger partial charge in [-0.3, -0.25) is 4.90 Å². The minimum absolute atomic E-state index is 0.180. The van der Waals surface area contributed by atoms with E-state index >= 15 is 0 Å². The van der Waals surface area contributed by atoms with Crippen LogP contribution in [0.4, 0.5) is 13.2 Å². The van der Waals surface area contributed by atoms with Crippen LogP contribution in [0.3, 0.4) is 0 Å². The maximum absolute atomic E-state index is 12.2. The summed E-state index contributed by atoms with van der Waals surface area (Å²) in [6.45, 7) is 0.707. The molecule has 0 aromatic heterocycles. The number of halogens is 3. The summed E-state index contributed by atoms with van der Waals surface area (Å²) >= 11 is 0. The third-order valence-corrected chi connectivity index (χ3v) is 4.53. The number of fused-ring (bicyclic) bond motifs is 1. The van der Waals surface area contributed by atoms with Crippen LogP contribution in [0.15, 0.2) is 48.5 Å². The molecule has 0 fully saturated rings. The zero-order valence-corrected chi connectivity index (χ0v) is 13.5. The van der Waals surface area contributed by atoms with E-state index in [1.54, 1.807) is 12.1 Å². The van der Waals surface area contributed by atoms with E-state index in [1.165, 1.54) is 23.3 Å². The summed E-state index contributed by atoms with van der Waals surface area (Å²) in [4.78, 5) is 2.27. The number of rotatable bonds is 4. The zero-order chi connectivity index (χ0) is 17.2. The van der Waals surface area contributed by atoms with Crippen LogP contribution < -0.4 is 4.74 Å². The molecule has 128 valence electrons. The van der Waals surface area contributed by atoms with Crippen molar-refractivity contribution in [3.05, 3.63) is 65.2 Å². The number of aryl methyl sites for hydroxylation is 1. The molecule has 0 saturated carbocycles. The average Bonchev–Trinajstić information content (AvgIpc) is 2.55. The van der Waals surface area contributed by atoms with Gasteiger partial charge in [-0.2, -0.15) is 0 Å². The van der Waals surface area contributed by atoms with Crippen LogP contribution in [0, 0.1) is 0 Å². The largest absolute Gasteiger partial charge is 0.573 e. The lowest BCUT2D eigenvalue weighted by atomic mass is 9.87. The number of hydrogen-bond acceptors (Lipinski definition) is 2. The summed E-state index contributed by atoms with van der Waals surface area (Å²) in [6, 6.07) is 15.1. The van der Waals surface area contributed by atoms with E-state index in [2.05, 4.69) is 40.9 Å². The molecule has 0 saturated heterocycles. The second-order valence-corrected chi connectivity index (χ2v) is 6.27. The van der Waals surface area contributed by atoms with Gasteiger partial charge in [0.25, 0.3) is 0 Å². The Morgan fingerprint density at radius 3 is 2.38 bits per heavy atom. The SMILES string of the molecule is CN(Cc1ccc(OC(F)(F)F)cc1)C1CCc2ccccc2C1. The predicted molar refractivity (Wildman–Crippen MR) is 86.8 cm³/mol. The van der Waals surface area contributed by atoms with Crippen LogP contribution in [-0.2, 0) is 19.4 Å². The first-order valence-corrected chi connectivity index (χ1v) is 8.02. The number of likely N-dealkylation sites (N-methyl/N-ethyl adjacent to an activating group) is 1. The molecule has 24 heavy (non-hydrogen) atoms. The topological polar surface area (TPSA) is 12.5 Å². The highest BCUT2D eigenvalue weighted by atomic mass is 19.4. The minimum atomic E-state index is -4.65. The molecule has 0 radical (unpaired) electrons. The van der Waals surface area contributed by atoms with E-state index in [1.807, 2.05) is 0 Å². The van der Waals surface area contributed by atoms with Gasteiger partial charge >= 0.3 is 6.36 Å². The molecular formula is C19H20F3NO. The van der Waals surface area contributed by atoms with Crippen LogP contribution in [0.25, 0.3) is 0 Å². The molecule has 0 N–H and O–H groups in total. The van der Waals surface area contributed by atoms with Gasteiger partial charge in [0.1, 0.15) is 5.75 Å². The van der Waals surface area contributed by atoms with Crippen LogP contribution in [0.1, 0.15) is 23.1 Å². The molecule has 5 heteroatoms. The average molecular weight is 335 g/mol. The highest BCUT2D eigenvalue weighted by Gasteiger charge is 2.31. The molecule has 2 nitrogen and oxygen atoms in total. The van der Waals surface area contributed by atoms with Gasteiger partial charge in [0, 0.05) is 12.6 Å². The lowest BCUT2D eigenvalue weighted by Gasteiger charge is -2.32. The Bertz CT molecular complexity index is 682. The molecule has 0 bridgehead atoms. The van der Waals surface area contributed by atoms with Gasteiger partial charge in [-0.25, -0.2) is 0 Å². The summed E-state index contributed by atoms with van der Waals surface area (Å²) < 4.78 is 40.5. The Hall–Kier alpha value is -2.01.